The largest absolute Gasteiger partial charge is 0.573 e. The molecule has 1 heterocycles. The first-order chi connectivity index (χ1) is 11.5. The summed E-state index contributed by atoms with van der Waals surface area (Å²) in [5.74, 6) is 0.582. The van der Waals surface area contributed by atoms with Crippen LogP contribution in [0.25, 0.3) is 0 Å². The molecular formula is C17H17F3N2O2. The summed E-state index contributed by atoms with van der Waals surface area (Å²) in [6.07, 6.45) is -2.53. The highest BCUT2D eigenvalue weighted by Crippen LogP contribution is 2.39. The molecule has 1 aliphatic rings. The monoisotopic (exact) mass is 338 g/mol. The number of pyridine rings is 1. The van der Waals surface area contributed by atoms with E-state index in [1.807, 2.05) is 12.1 Å². The SMILES string of the molecule is CNc1cccc(OC(F)(F)F)c1COc1cccc(C2CC2)n1. The van der Waals surface area contributed by atoms with Crippen molar-refractivity contribution < 1.29 is 22.6 Å². The van der Waals surface area contributed by atoms with Crippen LogP contribution in [0, 0.1) is 0 Å². The van der Waals surface area contributed by atoms with Gasteiger partial charge in [0.2, 0.25) is 5.88 Å². The lowest BCUT2D eigenvalue weighted by molar-refractivity contribution is -0.275. The normalized spacial score (nSPS) is 14.3. The van der Waals surface area contributed by atoms with Crippen LogP contribution in [-0.2, 0) is 6.61 Å². The Morgan fingerprint density at radius 3 is 2.58 bits per heavy atom. The minimum Gasteiger partial charge on any atom is -0.473 e. The van der Waals surface area contributed by atoms with Gasteiger partial charge in [-0.25, -0.2) is 4.98 Å². The van der Waals surface area contributed by atoms with Crippen molar-refractivity contribution in [2.45, 2.75) is 31.7 Å². The molecule has 0 unspecified atom stereocenters. The van der Waals surface area contributed by atoms with Crippen molar-refractivity contribution in [2.75, 3.05) is 12.4 Å². The fraction of sp³-hybridized carbons (Fsp3) is 0.353. The number of hydrogen-bond acceptors (Lipinski definition) is 4. The highest BCUT2D eigenvalue weighted by molar-refractivity contribution is 5.57. The van der Waals surface area contributed by atoms with E-state index in [0.717, 1.165) is 18.5 Å². The maximum absolute atomic E-state index is 12.6. The van der Waals surface area contributed by atoms with Crippen LogP contribution in [0.2, 0.25) is 0 Å². The zero-order chi connectivity index (χ0) is 17.2. The molecule has 128 valence electrons. The van der Waals surface area contributed by atoms with Gasteiger partial charge in [-0.15, -0.1) is 13.2 Å². The first kappa shape index (κ1) is 16.4. The van der Waals surface area contributed by atoms with Crippen LogP contribution in [0.4, 0.5) is 18.9 Å². The van der Waals surface area contributed by atoms with Crippen molar-refractivity contribution >= 4 is 5.69 Å². The molecule has 0 atom stereocenters. The van der Waals surface area contributed by atoms with Crippen molar-refractivity contribution in [3.8, 4) is 11.6 Å². The lowest BCUT2D eigenvalue weighted by Crippen LogP contribution is -2.19. The molecule has 1 saturated carbocycles. The number of anilines is 1. The van der Waals surface area contributed by atoms with Gasteiger partial charge in [0.15, 0.2) is 0 Å². The number of benzene rings is 1. The summed E-state index contributed by atoms with van der Waals surface area (Å²) in [5.41, 5.74) is 1.76. The first-order valence-corrected chi connectivity index (χ1v) is 7.61. The van der Waals surface area contributed by atoms with Crippen LogP contribution in [0.3, 0.4) is 0 Å². The molecule has 0 aliphatic heterocycles. The zero-order valence-corrected chi connectivity index (χ0v) is 13.1. The number of ether oxygens (including phenoxy) is 2. The molecule has 0 radical (unpaired) electrons. The minimum atomic E-state index is -4.76. The molecule has 1 aromatic heterocycles. The summed E-state index contributed by atoms with van der Waals surface area (Å²) in [4.78, 5) is 4.40. The third-order valence-electron chi connectivity index (χ3n) is 3.73. The second-order valence-electron chi connectivity index (χ2n) is 5.54. The Morgan fingerprint density at radius 2 is 1.92 bits per heavy atom. The number of halogens is 3. The summed E-state index contributed by atoms with van der Waals surface area (Å²) in [6, 6.07) is 9.88. The van der Waals surface area contributed by atoms with E-state index < -0.39 is 6.36 Å². The predicted molar refractivity (Wildman–Crippen MR) is 83.2 cm³/mol. The Morgan fingerprint density at radius 1 is 1.17 bits per heavy atom. The first-order valence-electron chi connectivity index (χ1n) is 7.61. The number of aromatic nitrogens is 1. The van der Waals surface area contributed by atoms with Crippen molar-refractivity contribution in [2.24, 2.45) is 0 Å². The Labute approximate surface area is 137 Å². The van der Waals surface area contributed by atoms with Crippen LogP contribution >= 0.6 is 0 Å². The van der Waals surface area contributed by atoms with E-state index in [0.29, 0.717) is 17.5 Å². The summed E-state index contributed by atoms with van der Waals surface area (Å²) in [6.45, 7) is -0.0798. The van der Waals surface area contributed by atoms with Crippen LogP contribution in [0.5, 0.6) is 11.6 Å². The fourth-order valence-corrected chi connectivity index (χ4v) is 2.43. The number of alkyl halides is 3. The van der Waals surface area contributed by atoms with E-state index in [1.54, 1.807) is 19.2 Å². The number of nitrogens with zero attached hydrogens (tertiary/aromatic N) is 1. The highest BCUT2D eigenvalue weighted by atomic mass is 19.4. The fourth-order valence-electron chi connectivity index (χ4n) is 2.43. The van der Waals surface area contributed by atoms with Gasteiger partial charge in [-0.3, -0.25) is 0 Å². The molecular weight excluding hydrogens is 321 g/mol. The molecule has 0 amide bonds. The summed E-state index contributed by atoms with van der Waals surface area (Å²) in [5, 5.41) is 2.85. The molecule has 0 spiro atoms. The van der Waals surface area contributed by atoms with Gasteiger partial charge in [0.25, 0.3) is 0 Å². The molecule has 3 rings (SSSR count). The van der Waals surface area contributed by atoms with E-state index in [9.17, 15) is 13.2 Å². The van der Waals surface area contributed by atoms with Crippen molar-refractivity contribution in [3.05, 3.63) is 47.7 Å². The van der Waals surface area contributed by atoms with Crippen molar-refractivity contribution in [1.29, 1.82) is 0 Å². The summed E-state index contributed by atoms with van der Waals surface area (Å²) >= 11 is 0. The van der Waals surface area contributed by atoms with E-state index in [4.69, 9.17) is 4.74 Å². The maximum Gasteiger partial charge on any atom is 0.573 e. The summed E-state index contributed by atoms with van der Waals surface area (Å²) in [7, 11) is 1.63. The average Bonchev–Trinajstić information content (AvgIpc) is 3.37. The smallest absolute Gasteiger partial charge is 0.473 e. The van der Waals surface area contributed by atoms with Gasteiger partial charge in [0.05, 0.1) is 5.56 Å². The second kappa shape index (κ2) is 6.59. The molecule has 1 N–H and O–H groups in total. The molecule has 1 fully saturated rings. The van der Waals surface area contributed by atoms with E-state index in [2.05, 4.69) is 15.0 Å². The number of hydrogen-bond donors (Lipinski definition) is 1. The van der Waals surface area contributed by atoms with Crippen LogP contribution in [-0.4, -0.2) is 18.4 Å². The summed E-state index contributed by atoms with van der Waals surface area (Å²) < 4.78 is 47.4. The van der Waals surface area contributed by atoms with Crippen LogP contribution in [0.1, 0.15) is 30.0 Å². The third-order valence-corrected chi connectivity index (χ3v) is 3.73. The average molecular weight is 338 g/mol. The third kappa shape index (κ3) is 4.10. The van der Waals surface area contributed by atoms with Gasteiger partial charge in [0, 0.05) is 30.4 Å². The molecule has 1 aliphatic carbocycles. The van der Waals surface area contributed by atoms with Gasteiger partial charge in [0.1, 0.15) is 12.4 Å². The molecule has 0 saturated heterocycles. The van der Waals surface area contributed by atoms with Crippen LogP contribution < -0.4 is 14.8 Å². The quantitative estimate of drug-likeness (QED) is 0.843. The second-order valence-corrected chi connectivity index (χ2v) is 5.54. The van der Waals surface area contributed by atoms with Gasteiger partial charge < -0.3 is 14.8 Å². The maximum atomic E-state index is 12.6. The Balaban J connectivity index is 1.79. The van der Waals surface area contributed by atoms with Gasteiger partial charge in [-0.2, -0.15) is 0 Å². The Kier molecular flexibility index (Phi) is 4.51. The predicted octanol–water partition coefficient (Wildman–Crippen LogP) is 4.48. The standard InChI is InChI=1S/C17H17F3N2O2/c1-21-14-5-2-6-15(24-17(18,19)20)12(14)10-23-16-7-3-4-13(22-16)11-8-9-11/h2-7,11,21H,8-10H2,1H3. The van der Waals surface area contributed by atoms with E-state index in [1.165, 1.54) is 12.1 Å². The Bertz CT molecular complexity index is 715. The lowest BCUT2D eigenvalue weighted by Gasteiger charge is -2.17. The number of nitrogens with one attached hydrogen (secondary N) is 1. The van der Waals surface area contributed by atoms with Crippen LogP contribution in [0.15, 0.2) is 36.4 Å². The van der Waals surface area contributed by atoms with E-state index in [-0.39, 0.29) is 17.9 Å². The Hall–Kier alpha value is -2.44. The van der Waals surface area contributed by atoms with Crippen molar-refractivity contribution in [1.82, 2.24) is 4.98 Å². The molecule has 7 heteroatoms. The van der Waals surface area contributed by atoms with Gasteiger partial charge >= 0.3 is 6.36 Å². The topological polar surface area (TPSA) is 43.4 Å². The molecule has 1 aromatic carbocycles. The van der Waals surface area contributed by atoms with E-state index >= 15 is 0 Å². The zero-order valence-electron chi connectivity index (χ0n) is 13.1. The van der Waals surface area contributed by atoms with Crippen molar-refractivity contribution in [3.63, 3.8) is 0 Å². The lowest BCUT2D eigenvalue weighted by atomic mass is 10.1. The number of rotatable bonds is 6. The molecule has 24 heavy (non-hydrogen) atoms. The highest BCUT2D eigenvalue weighted by Gasteiger charge is 2.32. The van der Waals surface area contributed by atoms with Gasteiger partial charge in [-0.05, 0) is 31.0 Å². The molecule has 0 bridgehead atoms. The minimum absolute atomic E-state index is 0.0798. The van der Waals surface area contributed by atoms with Gasteiger partial charge in [-0.1, -0.05) is 12.1 Å². The molecule has 4 nitrogen and oxygen atoms in total. The molecule has 2 aromatic rings.